The van der Waals surface area contributed by atoms with Crippen LogP contribution in [0.25, 0.3) is 11.3 Å². The van der Waals surface area contributed by atoms with E-state index in [0.717, 1.165) is 74.4 Å². The van der Waals surface area contributed by atoms with Crippen LogP contribution >= 0.6 is 0 Å². The van der Waals surface area contributed by atoms with E-state index in [1.54, 1.807) is 0 Å². The number of aliphatic carboxylic acids is 1. The second kappa shape index (κ2) is 15.7. The summed E-state index contributed by atoms with van der Waals surface area (Å²) in [6.45, 7) is 8.70. The molecule has 0 aliphatic carbocycles. The van der Waals surface area contributed by atoms with Crippen molar-refractivity contribution < 1.29 is 27.8 Å². The van der Waals surface area contributed by atoms with Gasteiger partial charge in [-0.15, -0.1) is 0 Å². The number of aromatic nitrogens is 2. The number of nitrogens with zero attached hydrogens (tertiary/aromatic N) is 4. The van der Waals surface area contributed by atoms with Crippen molar-refractivity contribution >= 4 is 5.97 Å². The lowest BCUT2D eigenvalue weighted by molar-refractivity contribution is -0.192. The van der Waals surface area contributed by atoms with E-state index in [-0.39, 0.29) is 0 Å². The minimum Gasteiger partial charge on any atom is -0.494 e. The van der Waals surface area contributed by atoms with E-state index >= 15 is 0 Å². The fourth-order valence-corrected chi connectivity index (χ4v) is 4.83. The molecule has 0 atom stereocenters. The van der Waals surface area contributed by atoms with Gasteiger partial charge in [0.05, 0.1) is 18.0 Å². The lowest BCUT2D eigenvalue weighted by atomic mass is 9.98. The quantitative estimate of drug-likeness (QED) is 0.419. The van der Waals surface area contributed by atoms with Crippen molar-refractivity contribution in [2.75, 3.05) is 52.9 Å². The Labute approximate surface area is 228 Å². The fraction of sp³-hybridized carbons (Fsp3) is 0.607. The summed E-state index contributed by atoms with van der Waals surface area (Å²) < 4.78 is 37.7. The van der Waals surface area contributed by atoms with Gasteiger partial charge in [0.25, 0.3) is 0 Å². The summed E-state index contributed by atoms with van der Waals surface area (Å²) in [4.78, 5) is 13.8. The van der Waals surface area contributed by atoms with Crippen molar-refractivity contribution in [1.29, 1.82) is 0 Å². The molecule has 2 N–H and O–H groups in total. The van der Waals surface area contributed by atoms with Crippen molar-refractivity contribution in [3.8, 4) is 17.0 Å². The second-order valence-corrected chi connectivity index (χ2v) is 10.2. The molecule has 8 nitrogen and oxygen atoms in total. The number of carbonyl (C=O) groups is 1. The van der Waals surface area contributed by atoms with Crippen LogP contribution in [0.3, 0.4) is 0 Å². The van der Waals surface area contributed by atoms with Gasteiger partial charge < -0.3 is 25.0 Å². The molecule has 216 valence electrons. The van der Waals surface area contributed by atoms with Gasteiger partial charge in [-0.05, 0) is 108 Å². The molecule has 0 radical (unpaired) electrons. The lowest BCUT2D eigenvalue weighted by Gasteiger charge is -2.27. The number of rotatable bonds is 10. The third kappa shape index (κ3) is 11.5. The number of piperidine rings is 2. The molecular formula is C28H40F3N5O3. The topological polar surface area (TPSA) is 90.8 Å². The Hall–Kier alpha value is -2.76. The Balaban J connectivity index is 0.000000532. The van der Waals surface area contributed by atoms with Crippen LogP contribution in [-0.2, 0) is 11.3 Å². The summed E-state index contributed by atoms with van der Waals surface area (Å²) in [5.41, 5.74) is 3.01. The van der Waals surface area contributed by atoms with Gasteiger partial charge in [-0.3, -0.25) is 0 Å². The van der Waals surface area contributed by atoms with Crippen LogP contribution in [0, 0.1) is 5.92 Å². The van der Waals surface area contributed by atoms with Crippen LogP contribution in [0.2, 0.25) is 0 Å². The molecule has 0 amide bonds. The molecular weight excluding hydrogens is 511 g/mol. The predicted octanol–water partition coefficient (Wildman–Crippen LogP) is 4.46. The maximum atomic E-state index is 10.6. The zero-order valence-electron chi connectivity index (χ0n) is 22.6. The molecule has 2 saturated heterocycles. The summed E-state index contributed by atoms with van der Waals surface area (Å²) in [7, 11) is 2.18. The molecule has 1 aromatic heterocycles. The van der Waals surface area contributed by atoms with Crippen LogP contribution in [0.4, 0.5) is 13.2 Å². The summed E-state index contributed by atoms with van der Waals surface area (Å²) in [6, 6.07) is 12.4. The molecule has 0 spiro atoms. The summed E-state index contributed by atoms with van der Waals surface area (Å²) >= 11 is 0. The number of carboxylic acids is 1. The highest BCUT2D eigenvalue weighted by Crippen LogP contribution is 2.21. The van der Waals surface area contributed by atoms with Gasteiger partial charge in [0.15, 0.2) is 0 Å². The minimum atomic E-state index is -5.08. The Morgan fingerprint density at radius 1 is 1.08 bits per heavy atom. The van der Waals surface area contributed by atoms with Gasteiger partial charge in [0.1, 0.15) is 5.75 Å². The van der Waals surface area contributed by atoms with E-state index in [2.05, 4.69) is 56.6 Å². The molecule has 39 heavy (non-hydrogen) atoms. The third-order valence-corrected chi connectivity index (χ3v) is 6.91. The first-order chi connectivity index (χ1) is 18.7. The van der Waals surface area contributed by atoms with E-state index in [1.165, 1.54) is 45.2 Å². The molecule has 2 aromatic rings. The normalized spacial score (nSPS) is 16.9. The summed E-state index contributed by atoms with van der Waals surface area (Å²) in [5, 5.41) is 19.5. The number of carboxylic acid groups (broad SMARTS) is 1. The van der Waals surface area contributed by atoms with E-state index in [4.69, 9.17) is 14.6 Å². The van der Waals surface area contributed by atoms with Crippen molar-refractivity contribution in [2.24, 2.45) is 5.92 Å². The number of ether oxygens (including phenoxy) is 1. The van der Waals surface area contributed by atoms with Crippen molar-refractivity contribution in [3.05, 3.63) is 42.1 Å². The monoisotopic (exact) mass is 551 g/mol. The Kier molecular flexibility index (Phi) is 12.4. The van der Waals surface area contributed by atoms with Gasteiger partial charge in [-0.2, -0.15) is 23.4 Å². The smallest absolute Gasteiger partial charge is 0.490 e. The lowest BCUT2D eigenvalue weighted by Crippen LogP contribution is -2.34. The predicted molar refractivity (Wildman–Crippen MR) is 143 cm³/mol. The summed E-state index contributed by atoms with van der Waals surface area (Å²) in [5.74, 6) is -1.04. The van der Waals surface area contributed by atoms with E-state index < -0.39 is 12.1 Å². The molecule has 11 heteroatoms. The number of likely N-dealkylation sites (tertiary alicyclic amines) is 1. The van der Waals surface area contributed by atoms with Crippen molar-refractivity contribution in [3.63, 3.8) is 0 Å². The third-order valence-electron chi connectivity index (χ3n) is 6.91. The first kappa shape index (κ1) is 30.8. The first-order valence-electron chi connectivity index (χ1n) is 13.7. The highest BCUT2D eigenvalue weighted by molar-refractivity contribution is 5.73. The average Bonchev–Trinajstić information content (AvgIpc) is 2.93. The largest absolute Gasteiger partial charge is 0.494 e. The molecule has 4 rings (SSSR count). The molecule has 1 aromatic carbocycles. The highest BCUT2D eigenvalue weighted by atomic mass is 19.4. The second-order valence-electron chi connectivity index (χ2n) is 10.2. The number of halogens is 3. The van der Waals surface area contributed by atoms with Gasteiger partial charge in [-0.1, -0.05) is 6.42 Å². The number of benzene rings is 1. The molecule has 0 saturated carbocycles. The Bertz CT molecular complexity index is 977. The number of hydrogen-bond donors (Lipinski definition) is 2. The zero-order chi connectivity index (χ0) is 28.1. The summed E-state index contributed by atoms with van der Waals surface area (Å²) in [6.07, 6.45) is 2.63. The van der Waals surface area contributed by atoms with Crippen LogP contribution in [-0.4, -0.2) is 90.2 Å². The van der Waals surface area contributed by atoms with Crippen LogP contribution < -0.4 is 10.1 Å². The van der Waals surface area contributed by atoms with Crippen LogP contribution in [0.15, 0.2) is 36.4 Å². The maximum Gasteiger partial charge on any atom is 0.490 e. The SMILES string of the molecule is CN(Cc1ccc(-c2ccc(OCCCN3CCCCC3)cc2)nn1)CC1CCNCC1.O=C(O)C(F)(F)F. The standard InChI is InChI=1S/C26H39N5O.C2HF3O2/c1-30(20-22-12-14-27-15-13-22)21-24-8-11-26(29-28-24)23-6-9-25(10-7-23)32-19-5-18-31-16-3-2-4-17-31;3-2(4,5)1(6)7/h6-11,22,27H,2-5,12-21H2,1H3;(H,6,7). The molecule has 3 heterocycles. The van der Waals surface area contributed by atoms with Crippen LogP contribution in [0.5, 0.6) is 5.75 Å². The van der Waals surface area contributed by atoms with Gasteiger partial charge in [0, 0.05) is 25.2 Å². The Morgan fingerprint density at radius 3 is 2.33 bits per heavy atom. The van der Waals surface area contributed by atoms with Gasteiger partial charge >= 0.3 is 12.1 Å². The zero-order valence-corrected chi connectivity index (χ0v) is 22.6. The van der Waals surface area contributed by atoms with E-state index in [0.29, 0.717) is 0 Å². The molecule has 0 bridgehead atoms. The van der Waals surface area contributed by atoms with Crippen LogP contribution in [0.1, 0.15) is 44.2 Å². The van der Waals surface area contributed by atoms with Gasteiger partial charge in [0.2, 0.25) is 0 Å². The van der Waals surface area contributed by atoms with E-state index in [9.17, 15) is 13.2 Å². The Morgan fingerprint density at radius 2 is 1.74 bits per heavy atom. The maximum absolute atomic E-state index is 10.6. The molecule has 2 aliphatic rings. The number of hydrogen-bond acceptors (Lipinski definition) is 7. The van der Waals surface area contributed by atoms with Crippen molar-refractivity contribution in [1.82, 2.24) is 25.3 Å². The molecule has 2 fully saturated rings. The minimum absolute atomic E-state index is 0.773. The molecule has 2 aliphatic heterocycles. The first-order valence-corrected chi connectivity index (χ1v) is 13.7. The number of nitrogens with one attached hydrogen (secondary N) is 1. The average molecular weight is 552 g/mol. The number of alkyl halides is 3. The van der Waals surface area contributed by atoms with Gasteiger partial charge in [-0.25, -0.2) is 4.79 Å². The fourth-order valence-electron chi connectivity index (χ4n) is 4.83. The van der Waals surface area contributed by atoms with E-state index in [1.807, 2.05) is 12.1 Å². The highest BCUT2D eigenvalue weighted by Gasteiger charge is 2.38. The molecule has 0 unspecified atom stereocenters. The van der Waals surface area contributed by atoms with Crippen molar-refractivity contribution in [2.45, 2.75) is 51.2 Å².